The van der Waals surface area contributed by atoms with Crippen LogP contribution in [0.5, 0.6) is 0 Å². The first-order valence-corrected chi connectivity index (χ1v) is 10.9. The van der Waals surface area contributed by atoms with Crippen LogP contribution >= 0.6 is 0 Å². The highest BCUT2D eigenvalue weighted by molar-refractivity contribution is 6.07. The van der Waals surface area contributed by atoms with E-state index in [2.05, 4.69) is 29.4 Å². The van der Waals surface area contributed by atoms with Gasteiger partial charge in [-0.1, -0.05) is 30.3 Å². The number of morpholine rings is 1. The number of para-hydroxylation sites is 3. The second-order valence-electron chi connectivity index (χ2n) is 8.86. The molecule has 0 aliphatic carbocycles. The zero-order valence-electron chi connectivity index (χ0n) is 17.9. The molecule has 3 amide bonds. The van der Waals surface area contributed by atoms with E-state index in [0.29, 0.717) is 19.5 Å². The maximum atomic E-state index is 13.2. The molecule has 2 saturated heterocycles. The number of anilines is 3. The van der Waals surface area contributed by atoms with Gasteiger partial charge in [-0.15, -0.1) is 0 Å². The first kappa shape index (κ1) is 19.9. The fourth-order valence-corrected chi connectivity index (χ4v) is 5.19. The van der Waals surface area contributed by atoms with E-state index in [0.717, 1.165) is 35.7 Å². The van der Waals surface area contributed by atoms with Crippen molar-refractivity contribution < 1.29 is 14.3 Å². The molecule has 0 aromatic heterocycles. The Balaban J connectivity index is 1.34. The maximum absolute atomic E-state index is 13.2. The average Bonchev–Trinajstić information content (AvgIpc) is 3.31. The standard InChI is InChI=1S/C24H28N4O3/c1-16-13-28(14-17(2)31-16)21-10-6-5-9-20(21)26-23(30)27-12-11-24(15-27)18-7-3-4-8-19(18)25-22(24)29/h3-10,16-17H,11-15H2,1-2H3,(H,25,29)(H,26,30)/t16-,17+,24?. The summed E-state index contributed by atoms with van der Waals surface area (Å²) in [7, 11) is 0. The molecule has 3 heterocycles. The fraction of sp³-hybridized carbons (Fsp3) is 0.417. The van der Waals surface area contributed by atoms with Crippen molar-refractivity contribution in [2.24, 2.45) is 0 Å². The Hall–Kier alpha value is -3.06. The van der Waals surface area contributed by atoms with Gasteiger partial charge in [0.1, 0.15) is 0 Å². The first-order chi connectivity index (χ1) is 15.0. The Kier molecular flexibility index (Phi) is 4.85. The number of ether oxygens (including phenoxy) is 1. The Morgan fingerprint density at radius 1 is 1.10 bits per heavy atom. The molecule has 0 bridgehead atoms. The minimum absolute atomic E-state index is 0.0132. The lowest BCUT2D eigenvalue weighted by Crippen LogP contribution is -2.46. The number of nitrogens with zero attached hydrogens (tertiary/aromatic N) is 2. The van der Waals surface area contributed by atoms with Crippen LogP contribution in [0.25, 0.3) is 0 Å². The predicted molar refractivity (Wildman–Crippen MR) is 121 cm³/mol. The number of amides is 3. The van der Waals surface area contributed by atoms with Crippen LogP contribution in [0.15, 0.2) is 48.5 Å². The zero-order chi connectivity index (χ0) is 21.6. The van der Waals surface area contributed by atoms with E-state index < -0.39 is 5.41 Å². The number of carbonyl (C=O) groups is 2. The molecule has 1 spiro atoms. The van der Waals surface area contributed by atoms with Gasteiger partial charge in [-0.3, -0.25) is 4.79 Å². The summed E-state index contributed by atoms with van der Waals surface area (Å²) in [5.74, 6) is -0.0132. The van der Waals surface area contributed by atoms with Crippen LogP contribution < -0.4 is 15.5 Å². The molecule has 7 heteroatoms. The largest absolute Gasteiger partial charge is 0.372 e. The quantitative estimate of drug-likeness (QED) is 0.781. The highest BCUT2D eigenvalue weighted by Crippen LogP contribution is 2.44. The molecule has 2 aromatic rings. The van der Waals surface area contributed by atoms with Gasteiger partial charge in [-0.05, 0) is 44.0 Å². The minimum atomic E-state index is -0.650. The lowest BCUT2D eigenvalue weighted by molar-refractivity contribution is -0.120. The molecule has 31 heavy (non-hydrogen) atoms. The highest BCUT2D eigenvalue weighted by Gasteiger charge is 2.52. The third-order valence-corrected chi connectivity index (χ3v) is 6.59. The predicted octanol–water partition coefficient (Wildman–Crippen LogP) is 3.43. The average molecular weight is 421 g/mol. The van der Waals surface area contributed by atoms with Gasteiger partial charge in [0, 0.05) is 31.9 Å². The van der Waals surface area contributed by atoms with Crippen LogP contribution in [0.3, 0.4) is 0 Å². The Morgan fingerprint density at radius 3 is 2.61 bits per heavy atom. The normalized spacial score (nSPS) is 27.4. The Labute approximate surface area is 182 Å². The van der Waals surface area contributed by atoms with Crippen LogP contribution in [0.2, 0.25) is 0 Å². The van der Waals surface area contributed by atoms with E-state index in [1.807, 2.05) is 48.5 Å². The van der Waals surface area contributed by atoms with Gasteiger partial charge in [0.15, 0.2) is 0 Å². The molecule has 2 fully saturated rings. The zero-order valence-corrected chi connectivity index (χ0v) is 17.9. The summed E-state index contributed by atoms with van der Waals surface area (Å²) in [5, 5.41) is 6.08. The summed E-state index contributed by atoms with van der Waals surface area (Å²) in [6.07, 6.45) is 0.891. The molecule has 0 saturated carbocycles. The summed E-state index contributed by atoms with van der Waals surface area (Å²) in [6, 6.07) is 15.5. The van der Waals surface area contributed by atoms with Crippen molar-refractivity contribution in [2.75, 3.05) is 41.7 Å². The van der Waals surface area contributed by atoms with Crippen LogP contribution in [0, 0.1) is 0 Å². The van der Waals surface area contributed by atoms with Crippen LogP contribution in [-0.4, -0.2) is 55.2 Å². The van der Waals surface area contributed by atoms with Gasteiger partial charge in [0.25, 0.3) is 0 Å². The van der Waals surface area contributed by atoms with Crippen molar-refractivity contribution in [3.8, 4) is 0 Å². The highest BCUT2D eigenvalue weighted by atomic mass is 16.5. The molecule has 3 atom stereocenters. The maximum Gasteiger partial charge on any atom is 0.321 e. The molecule has 7 nitrogen and oxygen atoms in total. The molecular formula is C24H28N4O3. The fourth-order valence-electron chi connectivity index (χ4n) is 5.19. The number of hydrogen-bond acceptors (Lipinski definition) is 4. The SMILES string of the molecule is C[C@@H]1CN(c2ccccc2NC(=O)N2CCC3(C2)C(=O)Nc2ccccc23)C[C@H](C)O1. The van der Waals surface area contributed by atoms with E-state index in [1.165, 1.54) is 0 Å². The van der Waals surface area contributed by atoms with Gasteiger partial charge in [-0.2, -0.15) is 0 Å². The molecule has 2 aromatic carbocycles. The van der Waals surface area contributed by atoms with E-state index in [4.69, 9.17) is 4.74 Å². The van der Waals surface area contributed by atoms with Crippen molar-refractivity contribution in [1.29, 1.82) is 0 Å². The van der Waals surface area contributed by atoms with Gasteiger partial charge in [0.2, 0.25) is 5.91 Å². The number of benzene rings is 2. The molecule has 0 radical (unpaired) electrons. The number of rotatable bonds is 2. The Morgan fingerprint density at radius 2 is 1.81 bits per heavy atom. The van der Waals surface area contributed by atoms with Crippen molar-refractivity contribution in [2.45, 2.75) is 37.9 Å². The van der Waals surface area contributed by atoms with Gasteiger partial charge >= 0.3 is 6.03 Å². The van der Waals surface area contributed by atoms with Crippen molar-refractivity contribution in [3.63, 3.8) is 0 Å². The van der Waals surface area contributed by atoms with Crippen molar-refractivity contribution >= 4 is 29.0 Å². The number of fused-ring (bicyclic) bond motifs is 2. The topological polar surface area (TPSA) is 73.9 Å². The van der Waals surface area contributed by atoms with Gasteiger partial charge in [-0.25, -0.2) is 4.79 Å². The number of carbonyl (C=O) groups excluding carboxylic acids is 2. The molecule has 162 valence electrons. The lowest BCUT2D eigenvalue weighted by Gasteiger charge is -2.37. The second-order valence-corrected chi connectivity index (χ2v) is 8.86. The summed E-state index contributed by atoms with van der Waals surface area (Å²) >= 11 is 0. The number of hydrogen-bond donors (Lipinski definition) is 2. The third-order valence-electron chi connectivity index (χ3n) is 6.59. The number of nitrogens with one attached hydrogen (secondary N) is 2. The number of likely N-dealkylation sites (tertiary alicyclic amines) is 1. The van der Waals surface area contributed by atoms with Crippen LogP contribution in [-0.2, 0) is 14.9 Å². The third kappa shape index (κ3) is 3.43. The molecule has 5 rings (SSSR count). The van der Waals surface area contributed by atoms with Crippen LogP contribution in [0.4, 0.5) is 21.9 Å². The summed E-state index contributed by atoms with van der Waals surface area (Å²) in [6.45, 7) is 6.62. The smallest absolute Gasteiger partial charge is 0.321 e. The van der Waals surface area contributed by atoms with E-state index in [9.17, 15) is 9.59 Å². The molecule has 2 N–H and O–H groups in total. The van der Waals surface area contributed by atoms with E-state index in [1.54, 1.807) is 4.90 Å². The van der Waals surface area contributed by atoms with Gasteiger partial charge in [0.05, 0.1) is 29.0 Å². The van der Waals surface area contributed by atoms with E-state index >= 15 is 0 Å². The number of urea groups is 1. The van der Waals surface area contributed by atoms with Crippen molar-refractivity contribution in [1.82, 2.24) is 4.90 Å². The summed E-state index contributed by atoms with van der Waals surface area (Å²) in [5.41, 5.74) is 2.98. The molecular weight excluding hydrogens is 392 g/mol. The monoisotopic (exact) mass is 420 g/mol. The van der Waals surface area contributed by atoms with E-state index in [-0.39, 0.29) is 24.1 Å². The summed E-state index contributed by atoms with van der Waals surface area (Å²) < 4.78 is 5.86. The molecule has 3 aliphatic rings. The Bertz CT molecular complexity index is 1020. The molecule has 1 unspecified atom stereocenters. The summed E-state index contributed by atoms with van der Waals surface area (Å²) in [4.78, 5) is 30.0. The minimum Gasteiger partial charge on any atom is -0.372 e. The molecule has 3 aliphatic heterocycles. The van der Waals surface area contributed by atoms with Crippen LogP contribution in [0.1, 0.15) is 25.8 Å². The first-order valence-electron chi connectivity index (χ1n) is 10.9. The second kappa shape index (κ2) is 7.57. The van der Waals surface area contributed by atoms with Crippen molar-refractivity contribution in [3.05, 3.63) is 54.1 Å². The lowest BCUT2D eigenvalue weighted by atomic mass is 9.81. The van der Waals surface area contributed by atoms with Gasteiger partial charge < -0.3 is 25.2 Å².